The molecule has 0 saturated carbocycles. The number of fused-ring (bicyclic) bond motifs is 1. The highest BCUT2D eigenvalue weighted by atomic mass is 35.5. The molecule has 0 aliphatic rings. The van der Waals surface area contributed by atoms with Crippen molar-refractivity contribution in [2.75, 3.05) is 25.2 Å². The number of ether oxygens (including phenoxy) is 1. The maximum Gasteiger partial charge on any atom is 0.259 e. The summed E-state index contributed by atoms with van der Waals surface area (Å²) >= 11 is 12.3. The fourth-order valence-corrected chi connectivity index (χ4v) is 3.62. The minimum Gasteiger partial charge on any atom is -0.383 e. The molecule has 1 amide bonds. The molecule has 2 heterocycles. The molecule has 0 N–H and O–H groups in total. The molecule has 151 valence electrons. The average Bonchev–Trinajstić information content (AvgIpc) is 3.18. The standard InChI is InChI=1S/C22H17Cl2N4O2/c1-30-12-11-27(22(29)16-8-7-15(23)13-18(16)24)20-6-3-2-5-17(20)19-14-21-25-9-4-10-28(21)26-19/h2-4,6-10,13-14H,11-12H2,1H3. The normalized spacial score (nSPS) is 11.0. The Hall–Kier alpha value is -2.93. The third kappa shape index (κ3) is 4.03. The summed E-state index contributed by atoms with van der Waals surface area (Å²) < 4.78 is 6.91. The predicted molar refractivity (Wildman–Crippen MR) is 117 cm³/mol. The lowest BCUT2D eigenvalue weighted by Crippen LogP contribution is -2.34. The lowest BCUT2D eigenvalue weighted by Gasteiger charge is -2.25. The van der Waals surface area contributed by atoms with Gasteiger partial charge >= 0.3 is 0 Å². The van der Waals surface area contributed by atoms with Gasteiger partial charge in [-0.2, -0.15) is 5.10 Å². The smallest absolute Gasteiger partial charge is 0.259 e. The Labute approximate surface area is 183 Å². The van der Waals surface area contributed by atoms with Crippen LogP contribution in [0.25, 0.3) is 16.9 Å². The number of anilines is 1. The van der Waals surface area contributed by atoms with Crippen molar-refractivity contribution in [2.24, 2.45) is 0 Å². The number of nitrogens with zero attached hydrogens (tertiary/aromatic N) is 4. The second-order valence-corrected chi connectivity index (χ2v) is 7.30. The van der Waals surface area contributed by atoms with Gasteiger partial charge < -0.3 is 9.64 Å². The van der Waals surface area contributed by atoms with Gasteiger partial charge in [0.25, 0.3) is 5.91 Å². The summed E-state index contributed by atoms with van der Waals surface area (Å²) in [5.41, 5.74) is 3.03. The first-order valence-electron chi connectivity index (χ1n) is 9.16. The zero-order chi connectivity index (χ0) is 21.1. The largest absolute Gasteiger partial charge is 0.383 e. The van der Waals surface area contributed by atoms with Crippen LogP contribution >= 0.6 is 23.2 Å². The molecule has 0 aliphatic carbocycles. The Balaban J connectivity index is 1.81. The second kappa shape index (κ2) is 8.83. The van der Waals surface area contributed by atoms with Crippen LogP contribution in [0.4, 0.5) is 5.69 Å². The molecule has 0 fully saturated rings. The molecule has 0 spiro atoms. The van der Waals surface area contributed by atoms with Gasteiger partial charge in [-0.15, -0.1) is 0 Å². The lowest BCUT2D eigenvalue weighted by atomic mass is 10.1. The van der Waals surface area contributed by atoms with Gasteiger partial charge in [-0.25, -0.2) is 9.50 Å². The summed E-state index contributed by atoms with van der Waals surface area (Å²) in [6.07, 6.45) is 3.52. The molecule has 2 aromatic carbocycles. The molecule has 30 heavy (non-hydrogen) atoms. The van der Waals surface area contributed by atoms with Crippen molar-refractivity contribution >= 4 is 40.4 Å². The first-order valence-corrected chi connectivity index (χ1v) is 9.91. The number of methoxy groups -OCH3 is 1. The molecule has 0 bridgehead atoms. The minimum absolute atomic E-state index is 0.267. The van der Waals surface area contributed by atoms with Crippen molar-refractivity contribution in [3.8, 4) is 11.3 Å². The molecule has 1 radical (unpaired) electrons. The van der Waals surface area contributed by atoms with Crippen LogP contribution in [0, 0.1) is 6.07 Å². The van der Waals surface area contributed by atoms with Gasteiger partial charge in [-0.1, -0.05) is 35.3 Å². The Bertz CT molecular complexity index is 1180. The van der Waals surface area contributed by atoms with Crippen molar-refractivity contribution in [1.82, 2.24) is 14.6 Å². The number of halogens is 2. The van der Waals surface area contributed by atoms with E-state index in [9.17, 15) is 4.79 Å². The van der Waals surface area contributed by atoms with Crippen LogP contribution in [0.1, 0.15) is 10.4 Å². The molecule has 8 heteroatoms. The van der Waals surface area contributed by atoms with E-state index in [0.29, 0.717) is 46.3 Å². The van der Waals surface area contributed by atoms with Gasteiger partial charge in [0.1, 0.15) is 0 Å². The van der Waals surface area contributed by atoms with Crippen LogP contribution in [0.5, 0.6) is 0 Å². The highest BCUT2D eigenvalue weighted by Crippen LogP contribution is 2.32. The molecule has 0 aliphatic heterocycles. The number of aromatic nitrogens is 3. The first kappa shape index (κ1) is 20.3. The quantitative estimate of drug-likeness (QED) is 0.432. The van der Waals surface area contributed by atoms with Gasteiger partial charge in [0, 0.05) is 42.7 Å². The molecule has 4 rings (SSSR count). The SMILES string of the molecule is COCCN(C(=O)c1ccc(Cl)cc1Cl)c1ccc[c]c1-c1cc2ncccn2n1. The molecule has 0 saturated heterocycles. The van der Waals surface area contributed by atoms with Crippen molar-refractivity contribution in [1.29, 1.82) is 0 Å². The highest BCUT2D eigenvalue weighted by Gasteiger charge is 2.23. The van der Waals surface area contributed by atoms with E-state index in [1.807, 2.05) is 24.4 Å². The van der Waals surface area contributed by atoms with Gasteiger partial charge in [0.2, 0.25) is 0 Å². The second-order valence-electron chi connectivity index (χ2n) is 6.46. The third-order valence-electron chi connectivity index (χ3n) is 4.54. The first-order chi connectivity index (χ1) is 14.6. The molecule has 2 aromatic heterocycles. The number of amides is 1. The Morgan fingerprint density at radius 3 is 2.87 bits per heavy atom. The van der Waals surface area contributed by atoms with E-state index in [0.717, 1.165) is 0 Å². The molecule has 4 aromatic rings. The van der Waals surface area contributed by atoms with Crippen LogP contribution in [0.2, 0.25) is 10.0 Å². The van der Waals surface area contributed by atoms with E-state index in [-0.39, 0.29) is 10.9 Å². The van der Waals surface area contributed by atoms with E-state index in [4.69, 9.17) is 27.9 Å². The lowest BCUT2D eigenvalue weighted by molar-refractivity contribution is 0.0976. The van der Waals surface area contributed by atoms with Crippen molar-refractivity contribution in [3.05, 3.63) is 82.6 Å². The van der Waals surface area contributed by atoms with Crippen LogP contribution in [0.15, 0.2) is 60.9 Å². The monoisotopic (exact) mass is 439 g/mol. The summed E-state index contributed by atoms with van der Waals surface area (Å²) in [7, 11) is 1.59. The maximum atomic E-state index is 13.4. The highest BCUT2D eigenvalue weighted by molar-refractivity contribution is 6.37. The van der Waals surface area contributed by atoms with Crippen LogP contribution < -0.4 is 4.90 Å². The number of carbonyl (C=O) groups is 1. The number of carbonyl (C=O) groups excluding carboxylic acids is 1. The zero-order valence-corrected chi connectivity index (χ0v) is 17.6. The van der Waals surface area contributed by atoms with Gasteiger partial charge in [-0.05, 0) is 36.4 Å². The van der Waals surface area contributed by atoms with Gasteiger partial charge in [-0.3, -0.25) is 4.79 Å². The summed E-state index contributed by atoms with van der Waals surface area (Å²) in [5, 5.41) is 5.33. The zero-order valence-electron chi connectivity index (χ0n) is 16.0. The average molecular weight is 440 g/mol. The van der Waals surface area contributed by atoms with Crippen LogP contribution in [-0.2, 0) is 4.74 Å². The summed E-state index contributed by atoms with van der Waals surface area (Å²) in [6.45, 7) is 0.669. The molecule has 0 unspecified atom stereocenters. The van der Waals surface area contributed by atoms with E-state index in [1.54, 1.807) is 53.1 Å². The Morgan fingerprint density at radius 1 is 1.23 bits per heavy atom. The van der Waals surface area contributed by atoms with E-state index < -0.39 is 0 Å². The van der Waals surface area contributed by atoms with Crippen molar-refractivity contribution < 1.29 is 9.53 Å². The van der Waals surface area contributed by atoms with Gasteiger partial charge in [0.05, 0.1) is 28.6 Å². The Morgan fingerprint density at radius 2 is 2.10 bits per heavy atom. The summed E-state index contributed by atoms with van der Waals surface area (Å²) in [5.74, 6) is -0.267. The number of hydrogen-bond donors (Lipinski definition) is 0. The summed E-state index contributed by atoms with van der Waals surface area (Å²) in [4.78, 5) is 19.4. The molecular formula is C22H17Cl2N4O2. The van der Waals surface area contributed by atoms with Gasteiger partial charge in [0.15, 0.2) is 5.65 Å². The number of rotatable bonds is 6. The number of benzene rings is 2. The molecule has 6 nitrogen and oxygen atoms in total. The number of hydrogen-bond acceptors (Lipinski definition) is 4. The van der Waals surface area contributed by atoms with Crippen molar-refractivity contribution in [3.63, 3.8) is 0 Å². The minimum atomic E-state index is -0.267. The van der Waals surface area contributed by atoms with E-state index >= 15 is 0 Å². The van der Waals surface area contributed by atoms with Crippen molar-refractivity contribution in [2.45, 2.75) is 0 Å². The fraction of sp³-hybridized carbons (Fsp3) is 0.136. The topological polar surface area (TPSA) is 59.7 Å². The predicted octanol–water partition coefficient (Wildman–Crippen LogP) is 4.80. The van der Waals surface area contributed by atoms with Crippen LogP contribution in [0.3, 0.4) is 0 Å². The van der Waals surface area contributed by atoms with E-state index in [1.165, 1.54) is 0 Å². The molecule has 0 atom stereocenters. The van der Waals surface area contributed by atoms with E-state index in [2.05, 4.69) is 16.1 Å². The Kier molecular flexibility index (Phi) is 5.99. The summed E-state index contributed by atoms with van der Waals surface area (Å²) in [6, 6.07) is 17.1. The maximum absolute atomic E-state index is 13.4. The van der Waals surface area contributed by atoms with Crippen LogP contribution in [-0.4, -0.2) is 40.8 Å². The third-order valence-corrected chi connectivity index (χ3v) is 5.09. The molecular weight excluding hydrogens is 423 g/mol. The fourth-order valence-electron chi connectivity index (χ4n) is 3.13.